The monoisotopic (exact) mass is 322 g/mol. The summed E-state index contributed by atoms with van der Waals surface area (Å²) in [4.78, 5) is 0. The van der Waals surface area contributed by atoms with Crippen molar-refractivity contribution < 1.29 is 0 Å². The van der Waals surface area contributed by atoms with Crippen molar-refractivity contribution in [2.24, 2.45) is 23.0 Å². The Labute approximate surface area is 145 Å². The summed E-state index contributed by atoms with van der Waals surface area (Å²) in [5, 5.41) is 3.77. The van der Waals surface area contributed by atoms with E-state index in [0.717, 1.165) is 24.9 Å². The first kappa shape index (κ1) is 19.2. The highest BCUT2D eigenvalue weighted by molar-refractivity contribution is 5.02. The molecule has 1 saturated heterocycles. The van der Waals surface area contributed by atoms with E-state index >= 15 is 0 Å². The first-order chi connectivity index (χ1) is 11.0. The summed E-state index contributed by atoms with van der Waals surface area (Å²) in [6.07, 6.45) is 16.4. The minimum atomic E-state index is -0.00581. The summed E-state index contributed by atoms with van der Waals surface area (Å²) in [6.45, 7) is 9.43. The van der Waals surface area contributed by atoms with Gasteiger partial charge in [-0.2, -0.15) is 0 Å². The Kier molecular flexibility index (Phi) is 7.41. The Morgan fingerprint density at radius 3 is 2.00 bits per heavy atom. The first-order valence-corrected chi connectivity index (χ1v) is 10.5. The van der Waals surface area contributed by atoms with Crippen LogP contribution in [0, 0.1) is 17.3 Å². The van der Waals surface area contributed by atoms with E-state index in [1.807, 2.05) is 0 Å². The maximum Gasteiger partial charge on any atom is 0.0335 e. The summed E-state index contributed by atoms with van der Waals surface area (Å²) in [7, 11) is 0. The van der Waals surface area contributed by atoms with Gasteiger partial charge in [0.2, 0.25) is 0 Å². The second-order valence-electron chi connectivity index (χ2n) is 9.22. The van der Waals surface area contributed by atoms with Gasteiger partial charge >= 0.3 is 0 Å². The molecular formula is C21H42N2. The fourth-order valence-corrected chi connectivity index (χ4v) is 4.97. The number of rotatable bonds is 2. The molecule has 0 spiro atoms. The number of nitrogens with one attached hydrogen (secondary N) is 1. The van der Waals surface area contributed by atoms with E-state index in [9.17, 15) is 0 Å². The van der Waals surface area contributed by atoms with E-state index in [4.69, 9.17) is 5.73 Å². The van der Waals surface area contributed by atoms with Crippen LogP contribution in [0.4, 0.5) is 0 Å². The Balaban J connectivity index is 2.02. The van der Waals surface area contributed by atoms with Crippen LogP contribution in [0.25, 0.3) is 0 Å². The van der Waals surface area contributed by atoms with Crippen LogP contribution in [0.2, 0.25) is 0 Å². The molecule has 2 heteroatoms. The maximum atomic E-state index is 7.11. The molecule has 0 radical (unpaired) electrons. The fraction of sp³-hybridized carbons (Fsp3) is 1.00. The fourth-order valence-electron chi connectivity index (χ4n) is 4.97. The molecule has 136 valence electrons. The summed E-state index contributed by atoms with van der Waals surface area (Å²) in [5.74, 6) is 1.62. The highest BCUT2D eigenvalue weighted by atomic mass is 15.0. The average Bonchev–Trinajstić information content (AvgIpc) is 2.49. The number of nitrogens with two attached hydrogens (primary N) is 1. The predicted molar refractivity (Wildman–Crippen MR) is 102 cm³/mol. The average molecular weight is 323 g/mol. The second kappa shape index (κ2) is 8.85. The topological polar surface area (TPSA) is 38.0 Å². The standard InChI is InChI=1S/C21H42N2/c1-18(2)19-12-11-15-21(22,17-23-16-19)20(3)13-9-7-5-4-6-8-10-14-20/h18-19,23H,4-17,22H2,1-3H3. The van der Waals surface area contributed by atoms with Crippen molar-refractivity contribution in [2.75, 3.05) is 13.1 Å². The van der Waals surface area contributed by atoms with Gasteiger partial charge in [0.1, 0.15) is 0 Å². The van der Waals surface area contributed by atoms with Crippen LogP contribution in [-0.4, -0.2) is 18.6 Å². The van der Waals surface area contributed by atoms with Crippen molar-refractivity contribution in [1.82, 2.24) is 5.32 Å². The maximum absolute atomic E-state index is 7.11. The molecule has 2 fully saturated rings. The molecule has 0 amide bonds. The van der Waals surface area contributed by atoms with Crippen LogP contribution in [0.1, 0.15) is 97.8 Å². The third-order valence-electron chi connectivity index (χ3n) is 7.15. The van der Waals surface area contributed by atoms with E-state index < -0.39 is 0 Å². The highest BCUT2D eigenvalue weighted by Gasteiger charge is 2.44. The van der Waals surface area contributed by atoms with Gasteiger partial charge in [0.25, 0.3) is 0 Å². The van der Waals surface area contributed by atoms with Crippen LogP contribution in [0.5, 0.6) is 0 Å². The zero-order valence-electron chi connectivity index (χ0n) is 16.1. The largest absolute Gasteiger partial charge is 0.324 e. The molecule has 0 bridgehead atoms. The molecule has 0 aromatic rings. The molecule has 0 aromatic heterocycles. The van der Waals surface area contributed by atoms with E-state index in [1.165, 1.54) is 77.0 Å². The van der Waals surface area contributed by atoms with Crippen LogP contribution in [-0.2, 0) is 0 Å². The van der Waals surface area contributed by atoms with Crippen molar-refractivity contribution in [3.05, 3.63) is 0 Å². The molecule has 1 aliphatic carbocycles. The Morgan fingerprint density at radius 2 is 1.43 bits per heavy atom. The van der Waals surface area contributed by atoms with Crippen molar-refractivity contribution in [3.8, 4) is 0 Å². The summed E-state index contributed by atoms with van der Waals surface area (Å²) < 4.78 is 0. The van der Waals surface area contributed by atoms with Gasteiger partial charge in [-0.3, -0.25) is 0 Å². The zero-order chi connectivity index (χ0) is 16.8. The first-order valence-electron chi connectivity index (χ1n) is 10.5. The molecule has 1 aliphatic heterocycles. The molecule has 1 saturated carbocycles. The third kappa shape index (κ3) is 5.19. The van der Waals surface area contributed by atoms with Crippen LogP contribution in [0.15, 0.2) is 0 Å². The Hall–Kier alpha value is -0.0800. The number of hydrogen-bond donors (Lipinski definition) is 2. The van der Waals surface area contributed by atoms with Gasteiger partial charge in [-0.1, -0.05) is 72.1 Å². The van der Waals surface area contributed by atoms with Gasteiger partial charge in [-0.25, -0.2) is 0 Å². The molecule has 2 nitrogen and oxygen atoms in total. The SMILES string of the molecule is CC(C)C1CCCC(N)(C2(C)CCCCCCCCC2)CNC1. The predicted octanol–water partition coefficient (Wildman–Crippen LogP) is 5.26. The van der Waals surface area contributed by atoms with E-state index in [1.54, 1.807) is 0 Å². The molecular weight excluding hydrogens is 280 g/mol. The Bertz CT molecular complexity index is 317. The molecule has 2 rings (SSSR count). The summed E-state index contributed by atoms with van der Waals surface area (Å²) in [6, 6.07) is 0. The van der Waals surface area contributed by atoms with Gasteiger partial charge in [-0.15, -0.1) is 0 Å². The summed E-state index contributed by atoms with van der Waals surface area (Å²) >= 11 is 0. The molecule has 2 atom stereocenters. The highest BCUT2D eigenvalue weighted by Crippen LogP contribution is 2.44. The van der Waals surface area contributed by atoms with Gasteiger partial charge in [0, 0.05) is 12.1 Å². The van der Waals surface area contributed by atoms with E-state index in [-0.39, 0.29) is 5.54 Å². The lowest BCUT2D eigenvalue weighted by atomic mass is 9.62. The van der Waals surface area contributed by atoms with Crippen LogP contribution < -0.4 is 11.1 Å². The van der Waals surface area contributed by atoms with E-state index in [0.29, 0.717) is 5.41 Å². The molecule has 23 heavy (non-hydrogen) atoms. The third-order valence-corrected chi connectivity index (χ3v) is 7.15. The van der Waals surface area contributed by atoms with Gasteiger partial charge in [-0.05, 0) is 49.5 Å². The van der Waals surface area contributed by atoms with Gasteiger partial charge in [0.15, 0.2) is 0 Å². The second-order valence-corrected chi connectivity index (χ2v) is 9.22. The normalized spacial score (nSPS) is 34.6. The van der Waals surface area contributed by atoms with Crippen molar-refractivity contribution in [2.45, 2.75) is 103 Å². The Morgan fingerprint density at radius 1 is 0.870 bits per heavy atom. The zero-order valence-corrected chi connectivity index (χ0v) is 16.1. The lowest BCUT2D eigenvalue weighted by Gasteiger charge is -2.49. The lowest BCUT2D eigenvalue weighted by molar-refractivity contribution is 0.0807. The smallest absolute Gasteiger partial charge is 0.0335 e. The van der Waals surface area contributed by atoms with Crippen molar-refractivity contribution in [3.63, 3.8) is 0 Å². The van der Waals surface area contributed by atoms with Crippen LogP contribution >= 0.6 is 0 Å². The van der Waals surface area contributed by atoms with Gasteiger partial charge in [0.05, 0.1) is 0 Å². The molecule has 2 aliphatic rings. The summed E-state index contributed by atoms with van der Waals surface area (Å²) in [5.41, 5.74) is 7.42. The number of hydrogen-bond acceptors (Lipinski definition) is 2. The molecule has 0 aromatic carbocycles. The molecule has 2 unspecified atom stereocenters. The minimum Gasteiger partial charge on any atom is -0.324 e. The van der Waals surface area contributed by atoms with Crippen molar-refractivity contribution >= 4 is 0 Å². The van der Waals surface area contributed by atoms with E-state index in [2.05, 4.69) is 26.1 Å². The van der Waals surface area contributed by atoms with Crippen molar-refractivity contribution in [1.29, 1.82) is 0 Å². The molecule has 1 heterocycles. The molecule has 3 N–H and O–H groups in total. The lowest BCUT2D eigenvalue weighted by Crippen LogP contribution is -2.61. The van der Waals surface area contributed by atoms with Gasteiger partial charge < -0.3 is 11.1 Å². The quantitative estimate of drug-likeness (QED) is 0.727. The van der Waals surface area contributed by atoms with Crippen LogP contribution in [0.3, 0.4) is 0 Å². The minimum absolute atomic E-state index is 0.00581.